The molecule has 3 atom stereocenters. The number of rotatable bonds is 11. The van der Waals surface area contributed by atoms with Crippen LogP contribution >= 0.6 is 0 Å². The first-order chi connectivity index (χ1) is 10.6. The maximum Gasteiger partial charge on any atom is 0.404 e. The van der Waals surface area contributed by atoms with Crippen molar-refractivity contribution in [3.63, 3.8) is 0 Å². The van der Waals surface area contributed by atoms with Crippen LogP contribution in [0.15, 0.2) is 25.3 Å². The summed E-state index contributed by atoms with van der Waals surface area (Å²) in [7, 11) is 0. The Labute approximate surface area is 138 Å². The van der Waals surface area contributed by atoms with Crippen LogP contribution in [0.1, 0.15) is 46.5 Å². The van der Waals surface area contributed by atoms with Gasteiger partial charge in [0.2, 0.25) is 0 Å². The molecule has 6 heteroatoms. The maximum absolute atomic E-state index is 11.0. The van der Waals surface area contributed by atoms with Gasteiger partial charge in [0.05, 0.1) is 0 Å². The van der Waals surface area contributed by atoms with E-state index in [1.54, 1.807) is 12.2 Å². The molecule has 3 unspecified atom stereocenters. The maximum atomic E-state index is 11.0. The molecule has 0 aliphatic carbocycles. The highest BCUT2D eigenvalue weighted by molar-refractivity contribution is 5.65. The zero-order valence-corrected chi connectivity index (χ0v) is 14.3. The average molecular weight is 326 g/mol. The lowest BCUT2D eigenvalue weighted by Gasteiger charge is -2.36. The molecule has 2 amide bonds. The summed E-state index contributed by atoms with van der Waals surface area (Å²) >= 11 is 0. The Morgan fingerprint density at radius 3 is 2.04 bits per heavy atom. The van der Waals surface area contributed by atoms with Crippen LogP contribution in [-0.2, 0) is 0 Å². The number of nitrogens with one attached hydrogen (secondary N) is 2. The first-order valence-electron chi connectivity index (χ1n) is 7.83. The molecule has 0 bridgehead atoms. The second-order valence-corrected chi connectivity index (χ2v) is 6.73. The number of carbonyl (C=O) groups is 2. The molecule has 0 radical (unpaired) electrons. The Balaban J connectivity index is 4.81. The van der Waals surface area contributed by atoms with Crippen molar-refractivity contribution in [3.8, 4) is 0 Å². The first-order valence-corrected chi connectivity index (χ1v) is 7.83. The van der Waals surface area contributed by atoms with Crippen LogP contribution in [0.5, 0.6) is 0 Å². The molecular formula is C17H30N2O4. The molecule has 0 spiro atoms. The summed E-state index contributed by atoms with van der Waals surface area (Å²) in [4.78, 5) is 21.8. The Bertz CT molecular complexity index is 421. The second kappa shape index (κ2) is 9.92. The van der Waals surface area contributed by atoms with Crippen LogP contribution in [0.4, 0.5) is 9.59 Å². The standard InChI is InChI=1S/C17H30N2O4/c1-6-8-13(18-15(20)21)10-12(3)11-17(4,5)14(9-7-2)19-16(22)23/h6-7,12-14,18-19H,1-2,8-11H2,3-5H3,(H,20,21)(H,22,23). The van der Waals surface area contributed by atoms with Gasteiger partial charge >= 0.3 is 12.2 Å². The van der Waals surface area contributed by atoms with Crippen LogP contribution in [-0.4, -0.2) is 34.5 Å². The molecule has 0 aliphatic heterocycles. The van der Waals surface area contributed by atoms with E-state index in [-0.39, 0.29) is 23.4 Å². The van der Waals surface area contributed by atoms with Gasteiger partial charge in [-0.15, -0.1) is 13.2 Å². The van der Waals surface area contributed by atoms with Gasteiger partial charge in [0.25, 0.3) is 0 Å². The van der Waals surface area contributed by atoms with Gasteiger partial charge in [-0.05, 0) is 37.0 Å². The lowest BCUT2D eigenvalue weighted by molar-refractivity contribution is 0.151. The first kappa shape index (κ1) is 21.0. The average Bonchev–Trinajstić information content (AvgIpc) is 2.36. The molecule has 0 saturated carbocycles. The summed E-state index contributed by atoms with van der Waals surface area (Å²) < 4.78 is 0. The predicted octanol–water partition coefficient (Wildman–Crippen LogP) is 3.85. The van der Waals surface area contributed by atoms with Crippen LogP contribution in [0.2, 0.25) is 0 Å². The third kappa shape index (κ3) is 8.90. The van der Waals surface area contributed by atoms with Crippen molar-refractivity contribution in [3.05, 3.63) is 25.3 Å². The monoisotopic (exact) mass is 326 g/mol. The molecule has 0 saturated heterocycles. The SMILES string of the molecule is C=CCC(CC(C)CC(C)(C)C(CC=C)NC(=O)O)NC(=O)O. The van der Waals surface area contributed by atoms with E-state index in [0.29, 0.717) is 19.3 Å². The molecule has 0 aromatic heterocycles. The number of hydrogen-bond donors (Lipinski definition) is 4. The fourth-order valence-corrected chi connectivity index (χ4v) is 3.09. The van der Waals surface area contributed by atoms with Gasteiger partial charge in [0.1, 0.15) is 0 Å². The Morgan fingerprint density at radius 2 is 1.61 bits per heavy atom. The van der Waals surface area contributed by atoms with E-state index in [0.717, 1.165) is 6.42 Å². The molecule has 0 aliphatic rings. The van der Waals surface area contributed by atoms with E-state index in [1.165, 1.54) is 0 Å². The van der Waals surface area contributed by atoms with Gasteiger partial charge in [0, 0.05) is 12.1 Å². The number of amides is 2. The number of carboxylic acid groups (broad SMARTS) is 2. The molecular weight excluding hydrogens is 296 g/mol. The van der Waals surface area contributed by atoms with Crippen LogP contribution in [0, 0.1) is 11.3 Å². The molecule has 23 heavy (non-hydrogen) atoms. The lowest BCUT2D eigenvalue weighted by Crippen LogP contribution is -2.45. The van der Waals surface area contributed by atoms with Gasteiger partial charge in [-0.2, -0.15) is 0 Å². The van der Waals surface area contributed by atoms with E-state index < -0.39 is 12.2 Å². The van der Waals surface area contributed by atoms with Crippen LogP contribution in [0.3, 0.4) is 0 Å². The lowest BCUT2D eigenvalue weighted by atomic mass is 9.74. The minimum atomic E-state index is -1.05. The second-order valence-electron chi connectivity index (χ2n) is 6.73. The molecule has 0 rings (SSSR count). The molecule has 0 heterocycles. The molecule has 0 fully saturated rings. The van der Waals surface area contributed by atoms with Crippen LogP contribution in [0.25, 0.3) is 0 Å². The number of hydrogen-bond acceptors (Lipinski definition) is 2. The zero-order valence-electron chi connectivity index (χ0n) is 14.3. The summed E-state index contributed by atoms with van der Waals surface area (Å²) in [5.41, 5.74) is -0.270. The van der Waals surface area contributed by atoms with E-state index in [9.17, 15) is 9.59 Å². The van der Waals surface area contributed by atoms with Gasteiger partial charge in [-0.3, -0.25) is 0 Å². The van der Waals surface area contributed by atoms with E-state index in [1.807, 2.05) is 20.8 Å². The van der Waals surface area contributed by atoms with Crippen molar-refractivity contribution in [2.24, 2.45) is 11.3 Å². The molecule has 0 aromatic rings. The summed E-state index contributed by atoms with van der Waals surface area (Å²) in [5, 5.41) is 22.9. The van der Waals surface area contributed by atoms with Crippen molar-refractivity contribution in [1.29, 1.82) is 0 Å². The highest BCUT2D eigenvalue weighted by Gasteiger charge is 2.32. The predicted molar refractivity (Wildman–Crippen MR) is 91.7 cm³/mol. The largest absolute Gasteiger partial charge is 0.465 e. The van der Waals surface area contributed by atoms with Crippen LogP contribution < -0.4 is 10.6 Å². The summed E-state index contributed by atoms with van der Waals surface area (Å²) in [6.45, 7) is 13.4. The van der Waals surface area contributed by atoms with E-state index in [4.69, 9.17) is 10.2 Å². The molecule has 0 aromatic carbocycles. The minimum Gasteiger partial charge on any atom is -0.465 e. The molecule has 132 valence electrons. The van der Waals surface area contributed by atoms with Crippen molar-refractivity contribution in [2.75, 3.05) is 0 Å². The minimum absolute atomic E-state index is 0.180. The topological polar surface area (TPSA) is 98.7 Å². The van der Waals surface area contributed by atoms with Gasteiger partial charge in [0.15, 0.2) is 0 Å². The van der Waals surface area contributed by atoms with Gasteiger partial charge in [-0.25, -0.2) is 9.59 Å². The van der Waals surface area contributed by atoms with E-state index in [2.05, 4.69) is 23.8 Å². The molecule has 6 nitrogen and oxygen atoms in total. The summed E-state index contributed by atoms with van der Waals surface area (Å²) in [6.07, 6.45) is 3.88. The summed E-state index contributed by atoms with van der Waals surface area (Å²) in [5.74, 6) is 0.227. The summed E-state index contributed by atoms with van der Waals surface area (Å²) in [6, 6.07) is -0.411. The Morgan fingerprint density at radius 1 is 1.09 bits per heavy atom. The van der Waals surface area contributed by atoms with Gasteiger partial charge in [-0.1, -0.05) is 32.9 Å². The Hall–Kier alpha value is -1.98. The van der Waals surface area contributed by atoms with Crippen molar-refractivity contribution < 1.29 is 19.8 Å². The zero-order chi connectivity index (χ0) is 18.0. The smallest absolute Gasteiger partial charge is 0.404 e. The van der Waals surface area contributed by atoms with Crippen molar-refractivity contribution in [2.45, 2.75) is 58.5 Å². The van der Waals surface area contributed by atoms with Crippen molar-refractivity contribution in [1.82, 2.24) is 10.6 Å². The van der Waals surface area contributed by atoms with Crippen molar-refractivity contribution >= 4 is 12.2 Å². The fourth-order valence-electron chi connectivity index (χ4n) is 3.09. The quantitative estimate of drug-likeness (QED) is 0.433. The fraction of sp³-hybridized carbons (Fsp3) is 0.647. The third-order valence-corrected chi connectivity index (χ3v) is 3.98. The Kier molecular flexibility index (Phi) is 9.07. The normalized spacial score (nSPS) is 15.1. The highest BCUT2D eigenvalue weighted by atomic mass is 16.4. The highest BCUT2D eigenvalue weighted by Crippen LogP contribution is 2.33. The van der Waals surface area contributed by atoms with E-state index >= 15 is 0 Å². The molecule has 4 N–H and O–H groups in total. The van der Waals surface area contributed by atoms with Gasteiger partial charge < -0.3 is 20.8 Å². The third-order valence-electron chi connectivity index (χ3n) is 3.98.